The van der Waals surface area contributed by atoms with Crippen LogP contribution in [-0.4, -0.2) is 64.0 Å². The van der Waals surface area contributed by atoms with E-state index in [0.717, 1.165) is 30.8 Å². The van der Waals surface area contributed by atoms with Gasteiger partial charge in [0.15, 0.2) is 5.82 Å². The number of anilines is 4. The van der Waals surface area contributed by atoms with Crippen LogP contribution in [0.25, 0.3) is 11.0 Å². The predicted molar refractivity (Wildman–Crippen MR) is 139 cm³/mol. The summed E-state index contributed by atoms with van der Waals surface area (Å²) in [7, 11) is 1.97. The van der Waals surface area contributed by atoms with E-state index in [9.17, 15) is 18.0 Å². The molecular weight excluding hydrogens is 497 g/mol. The number of aryl methyl sites for hydroxylation is 1. The minimum absolute atomic E-state index is 0.0762. The van der Waals surface area contributed by atoms with Crippen molar-refractivity contribution in [2.45, 2.75) is 13.1 Å². The molecule has 2 aromatic heterocycles. The first-order valence-corrected chi connectivity index (χ1v) is 11.9. The van der Waals surface area contributed by atoms with E-state index in [1.54, 1.807) is 30.5 Å². The van der Waals surface area contributed by atoms with E-state index in [4.69, 9.17) is 0 Å². The third-order valence-corrected chi connectivity index (χ3v) is 6.43. The Balaban J connectivity index is 1.41. The number of carbonyl (C=O) groups is 1. The van der Waals surface area contributed by atoms with Gasteiger partial charge in [-0.25, -0.2) is 19.9 Å². The fraction of sp³-hybridized carbons (Fsp3) is 0.269. The molecule has 1 amide bonds. The maximum Gasteiger partial charge on any atom is 0.416 e. The monoisotopic (exact) mass is 522 g/mol. The number of alkyl halides is 3. The van der Waals surface area contributed by atoms with Crippen LogP contribution in [-0.2, 0) is 6.18 Å². The molecule has 0 aliphatic carbocycles. The van der Waals surface area contributed by atoms with E-state index >= 15 is 0 Å². The largest absolute Gasteiger partial charge is 0.416 e. The lowest BCUT2D eigenvalue weighted by Gasteiger charge is -2.34. The molecule has 38 heavy (non-hydrogen) atoms. The van der Waals surface area contributed by atoms with Crippen LogP contribution in [0.3, 0.4) is 0 Å². The Morgan fingerprint density at radius 3 is 2.53 bits per heavy atom. The molecule has 196 valence electrons. The van der Waals surface area contributed by atoms with Gasteiger partial charge in [0.05, 0.1) is 11.8 Å². The highest BCUT2D eigenvalue weighted by Gasteiger charge is 2.32. The van der Waals surface area contributed by atoms with Gasteiger partial charge in [0.2, 0.25) is 0 Å². The van der Waals surface area contributed by atoms with Crippen LogP contribution in [0.15, 0.2) is 55.2 Å². The second-order valence-electron chi connectivity index (χ2n) is 9.14. The summed E-state index contributed by atoms with van der Waals surface area (Å²) >= 11 is 0. The summed E-state index contributed by atoms with van der Waals surface area (Å²) < 4.78 is 41.1. The van der Waals surface area contributed by atoms with Crippen LogP contribution < -0.4 is 15.5 Å². The van der Waals surface area contributed by atoms with Gasteiger partial charge in [-0.05, 0) is 49.9 Å². The lowest BCUT2D eigenvalue weighted by atomic mass is 10.1. The average molecular weight is 523 g/mol. The average Bonchev–Trinajstić information content (AvgIpc) is 2.90. The quantitative estimate of drug-likeness (QED) is 0.396. The SMILES string of the molecule is Cc1ccc(C(=O)Nc2cc(N3CCN(C)CC3)cc(C(F)(F)F)c2)cc1Nc1ncnc2cncnc12. The van der Waals surface area contributed by atoms with Gasteiger partial charge < -0.3 is 20.4 Å². The van der Waals surface area contributed by atoms with Gasteiger partial charge in [-0.1, -0.05) is 6.07 Å². The Morgan fingerprint density at radius 2 is 1.76 bits per heavy atom. The molecule has 1 saturated heterocycles. The zero-order valence-electron chi connectivity index (χ0n) is 20.8. The van der Waals surface area contributed by atoms with Gasteiger partial charge in [0, 0.05) is 48.8 Å². The van der Waals surface area contributed by atoms with E-state index < -0.39 is 17.6 Å². The molecule has 2 aromatic carbocycles. The van der Waals surface area contributed by atoms with E-state index in [-0.39, 0.29) is 11.3 Å². The van der Waals surface area contributed by atoms with E-state index in [1.807, 2.05) is 18.9 Å². The molecule has 0 unspecified atom stereocenters. The number of fused-ring (bicyclic) bond motifs is 1. The van der Waals surface area contributed by atoms with Crippen LogP contribution in [0.4, 0.5) is 36.1 Å². The van der Waals surface area contributed by atoms with E-state index in [1.165, 1.54) is 12.7 Å². The molecule has 0 bridgehead atoms. The third kappa shape index (κ3) is 5.49. The Hall–Kier alpha value is -4.32. The topological polar surface area (TPSA) is 99.2 Å². The molecule has 0 atom stereocenters. The number of benzene rings is 2. The van der Waals surface area contributed by atoms with Gasteiger partial charge in [0.25, 0.3) is 5.91 Å². The van der Waals surface area contributed by atoms with Gasteiger partial charge in [-0.2, -0.15) is 13.2 Å². The Labute approximate surface area is 216 Å². The van der Waals surface area contributed by atoms with Gasteiger partial charge in [0.1, 0.15) is 23.7 Å². The van der Waals surface area contributed by atoms with Crippen LogP contribution in [0, 0.1) is 6.92 Å². The number of hydrogen-bond acceptors (Lipinski definition) is 8. The van der Waals surface area contributed by atoms with Crippen molar-refractivity contribution in [1.82, 2.24) is 24.8 Å². The number of aromatic nitrogens is 4. The van der Waals surface area contributed by atoms with E-state index in [0.29, 0.717) is 41.3 Å². The Bertz CT molecular complexity index is 1480. The molecule has 1 aliphatic rings. The minimum atomic E-state index is -4.55. The molecule has 1 aliphatic heterocycles. The summed E-state index contributed by atoms with van der Waals surface area (Å²) in [6.07, 6.45) is -0.213. The smallest absolute Gasteiger partial charge is 0.369 e. The van der Waals surface area contributed by atoms with Crippen molar-refractivity contribution < 1.29 is 18.0 Å². The molecule has 0 saturated carbocycles. The standard InChI is InChI=1S/C26H25F3N8O/c1-16-3-4-17(9-21(16)35-24-23-22(31-15-33-24)13-30-14-32-23)25(38)34-19-10-18(26(27,28)29)11-20(12-19)37-7-5-36(2)6-8-37/h3-4,9-15H,5-8H2,1-2H3,(H,34,38)(H,31,33,35). The molecule has 12 heteroatoms. The summed E-state index contributed by atoms with van der Waals surface area (Å²) in [6.45, 7) is 4.54. The fourth-order valence-corrected chi connectivity index (χ4v) is 4.22. The minimum Gasteiger partial charge on any atom is -0.369 e. The predicted octanol–water partition coefficient (Wildman–Crippen LogP) is 4.49. The van der Waals surface area contributed by atoms with Crippen LogP contribution in [0.1, 0.15) is 21.5 Å². The summed E-state index contributed by atoms with van der Waals surface area (Å²) in [6, 6.07) is 8.65. The molecule has 0 radical (unpaired) electrons. The number of hydrogen-bond donors (Lipinski definition) is 2. The first-order valence-electron chi connectivity index (χ1n) is 11.9. The molecule has 1 fully saturated rings. The molecule has 2 N–H and O–H groups in total. The van der Waals surface area contributed by atoms with Crippen molar-refractivity contribution in [3.8, 4) is 0 Å². The van der Waals surface area contributed by atoms with E-state index in [2.05, 4.69) is 35.5 Å². The summed E-state index contributed by atoms with van der Waals surface area (Å²) in [5, 5.41) is 5.83. The second kappa shape index (κ2) is 10.2. The molecule has 3 heterocycles. The van der Waals surface area contributed by atoms with Crippen LogP contribution in [0.2, 0.25) is 0 Å². The fourth-order valence-electron chi connectivity index (χ4n) is 4.22. The summed E-state index contributed by atoms with van der Waals surface area (Å²) in [5.74, 6) is -0.0978. The van der Waals surface area contributed by atoms with Gasteiger partial charge >= 0.3 is 6.18 Å². The number of likely N-dealkylation sites (N-methyl/N-ethyl adjacent to an activating group) is 1. The molecular formula is C26H25F3N8O. The normalized spacial score (nSPS) is 14.5. The molecule has 5 rings (SSSR count). The van der Waals surface area contributed by atoms with Crippen LogP contribution in [0.5, 0.6) is 0 Å². The Kier molecular flexibility index (Phi) is 6.81. The number of amides is 1. The van der Waals surface area contributed by atoms with Crippen molar-refractivity contribution in [2.75, 3.05) is 48.8 Å². The van der Waals surface area contributed by atoms with Crippen molar-refractivity contribution in [2.24, 2.45) is 0 Å². The highest BCUT2D eigenvalue weighted by Crippen LogP contribution is 2.35. The second-order valence-corrected chi connectivity index (χ2v) is 9.14. The number of carbonyl (C=O) groups excluding carboxylic acids is 1. The molecule has 0 spiro atoms. The number of nitrogens with zero attached hydrogens (tertiary/aromatic N) is 6. The first kappa shape index (κ1) is 25.3. The summed E-state index contributed by atoms with van der Waals surface area (Å²) in [4.78, 5) is 33.7. The third-order valence-electron chi connectivity index (χ3n) is 6.43. The van der Waals surface area contributed by atoms with Crippen molar-refractivity contribution in [1.29, 1.82) is 0 Å². The van der Waals surface area contributed by atoms with Crippen molar-refractivity contribution in [3.63, 3.8) is 0 Å². The lowest BCUT2D eigenvalue weighted by molar-refractivity contribution is -0.137. The number of piperazine rings is 1. The summed E-state index contributed by atoms with van der Waals surface area (Å²) in [5.41, 5.74) is 2.45. The van der Waals surface area contributed by atoms with Crippen molar-refractivity contribution in [3.05, 3.63) is 71.9 Å². The maximum absolute atomic E-state index is 13.7. The molecule has 4 aromatic rings. The molecule has 9 nitrogen and oxygen atoms in total. The van der Waals surface area contributed by atoms with Gasteiger partial charge in [-0.15, -0.1) is 0 Å². The highest BCUT2D eigenvalue weighted by atomic mass is 19.4. The maximum atomic E-state index is 13.7. The number of rotatable bonds is 5. The van der Waals surface area contributed by atoms with Crippen molar-refractivity contribution >= 4 is 39.8 Å². The van der Waals surface area contributed by atoms with Crippen LogP contribution >= 0.6 is 0 Å². The first-order chi connectivity index (χ1) is 18.2. The number of nitrogens with one attached hydrogen (secondary N) is 2. The zero-order valence-corrected chi connectivity index (χ0v) is 20.8. The Morgan fingerprint density at radius 1 is 0.974 bits per heavy atom. The lowest BCUT2D eigenvalue weighted by Crippen LogP contribution is -2.44. The highest BCUT2D eigenvalue weighted by molar-refractivity contribution is 6.05. The number of halogens is 3. The zero-order chi connectivity index (χ0) is 26.9. The van der Waals surface area contributed by atoms with Gasteiger partial charge in [-0.3, -0.25) is 4.79 Å².